The van der Waals surface area contributed by atoms with Gasteiger partial charge in [-0.2, -0.15) is 0 Å². The number of aromatic amines is 1. The minimum atomic E-state index is -0.647. The Bertz CT molecular complexity index is 586. The predicted molar refractivity (Wildman–Crippen MR) is 83.6 cm³/mol. The van der Waals surface area contributed by atoms with Crippen molar-refractivity contribution in [2.45, 2.75) is 51.6 Å². The quantitative estimate of drug-likeness (QED) is 0.770. The van der Waals surface area contributed by atoms with Crippen LogP contribution in [0.15, 0.2) is 30.5 Å². The maximum absolute atomic E-state index is 11.2. The van der Waals surface area contributed by atoms with Crippen LogP contribution in [-0.4, -0.2) is 10.1 Å². The molecule has 1 aliphatic carbocycles. The van der Waals surface area contributed by atoms with Crippen molar-refractivity contribution in [3.05, 3.63) is 36.0 Å². The van der Waals surface area contributed by atoms with Crippen LogP contribution in [0.25, 0.3) is 10.9 Å². The number of fused-ring (bicyclic) bond motifs is 1. The highest BCUT2D eigenvalue weighted by molar-refractivity contribution is 5.83. The fourth-order valence-electron chi connectivity index (χ4n) is 3.78. The first-order valence-corrected chi connectivity index (χ1v) is 7.89. The molecule has 1 aromatic heterocycles. The van der Waals surface area contributed by atoms with Crippen LogP contribution < -0.4 is 0 Å². The van der Waals surface area contributed by atoms with E-state index in [0.717, 1.165) is 48.6 Å². The van der Waals surface area contributed by atoms with Crippen molar-refractivity contribution >= 4 is 10.9 Å². The summed E-state index contributed by atoms with van der Waals surface area (Å²) in [5.74, 6) is 1.48. The molecule has 1 aliphatic rings. The van der Waals surface area contributed by atoms with Crippen LogP contribution in [0.5, 0.6) is 0 Å². The Morgan fingerprint density at radius 2 is 2.05 bits per heavy atom. The molecule has 0 aliphatic heterocycles. The van der Waals surface area contributed by atoms with Crippen LogP contribution in [0, 0.1) is 11.8 Å². The van der Waals surface area contributed by atoms with Crippen LogP contribution in [0.2, 0.25) is 0 Å². The van der Waals surface area contributed by atoms with Crippen molar-refractivity contribution in [1.29, 1.82) is 0 Å². The lowest BCUT2D eigenvalue weighted by molar-refractivity contribution is 0.0206. The molecule has 1 fully saturated rings. The lowest BCUT2D eigenvalue weighted by Crippen LogP contribution is -2.25. The Morgan fingerprint density at radius 3 is 2.85 bits per heavy atom. The van der Waals surface area contributed by atoms with E-state index in [1.54, 1.807) is 0 Å². The average molecular weight is 271 g/mol. The minimum absolute atomic E-state index is 0.647. The van der Waals surface area contributed by atoms with Crippen molar-refractivity contribution in [2.24, 2.45) is 11.8 Å². The molecule has 108 valence electrons. The first-order chi connectivity index (χ1) is 9.60. The molecule has 0 bridgehead atoms. The molecule has 0 saturated heterocycles. The number of rotatable bonds is 2. The van der Waals surface area contributed by atoms with Crippen LogP contribution in [0.4, 0.5) is 0 Å². The van der Waals surface area contributed by atoms with Gasteiger partial charge >= 0.3 is 0 Å². The lowest BCUT2D eigenvalue weighted by atomic mass is 9.83. The van der Waals surface area contributed by atoms with Crippen LogP contribution >= 0.6 is 0 Å². The van der Waals surface area contributed by atoms with Gasteiger partial charge in [-0.15, -0.1) is 0 Å². The first-order valence-electron chi connectivity index (χ1n) is 7.89. The van der Waals surface area contributed by atoms with Crippen molar-refractivity contribution in [3.63, 3.8) is 0 Å². The van der Waals surface area contributed by atoms with E-state index in [1.165, 1.54) is 11.8 Å². The van der Waals surface area contributed by atoms with E-state index in [-0.39, 0.29) is 0 Å². The topological polar surface area (TPSA) is 36.0 Å². The number of H-pyrrole nitrogens is 1. The van der Waals surface area contributed by atoms with E-state index in [0.29, 0.717) is 0 Å². The van der Waals surface area contributed by atoms with Gasteiger partial charge in [-0.25, -0.2) is 0 Å². The van der Waals surface area contributed by atoms with Gasteiger partial charge in [-0.3, -0.25) is 0 Å². The minimum Gasteiger partial charge on any atom is -0.385 e. The van der Waals surface area contributed by atoms with E-state index >= 15 is 0 Å². The maximum Gasteiger partial charge on any atom is 0.0903 e. The zero-order chi connectivity index (χ0) is 14.2. The van der Waals surface area contributed by atoms with Gasteiger partial charge in [0.25, 0.3) is 0 Å². The molecular weight excluding hydrogens is 246 g/mol. The molecule has 1 aromatic carbocycles. The molecule has 1 heterocycles. The Kier molecular flexibility index (Phi) is 3.59. The summed E-state index contributed by atoms with van der Waals surface area (Å²) in [7, 11) is 0. The number of aromatic nitrogens is 1. The zero-order valence-electron chi connectivity index (χ0n) is 12.5. The third-order valence-corrected chi connectivity index (χ3v) is 5.13. The summed E-state index contributed by atoms with van der Waals surface area (Å²) in [6.07, 6.45) is 7.25. The van der Waals surface area contributed by atoms with E-state index in [1.807, 2.05) is 6.20 Å². The Balaban J connectivity index is 1.94. The molecule has 0 spiro atoms. The average Bonchev–Trinajstić information content (AvgIpc) is 2.81. The molecular formula is C18H25NO. The monoisotopic (exact) mass is 271 g/mol. The lowest BCUT2D eigenvalue weighted by Gasteiger charge is -2.28. The van der Waals surface area contributed by atoms with Crippen LogP contribution in [-0.2, 0) is 5.60 Å². The molecule has 0 amide bonds. The molecule has 2 heteroatoms. The third kappa shape index (κ3) is 2.37. The third-order valence-electron chi connectivity index (χ3n) is 5.13. The Morgan fingerprint density at radius 1 is 1.20 bits per heavy atom. The summed E-state index contributed by atoms with van der Waals surface area (Å²) < 4.78 is 0. The Hall–Kier alpha value is -1.28. The van der Waals surface area contributed by atoms with Crippen molar-refractivity contribution < 1.29 is 5.11 Å². The molecule has 1 saturated carbocycles. The maximum atomic E-state index is 11.2. The van der Waals surface area contributed by atoms with Gasteiger partial charge in [-0.05, 0) is 55.2 Å². The van der Waals surface area contributed by atoms with E-state index < -0.39 is 5.60 Å². The second-order valence-corrected chi connectivity index (χ2v) is 6.71. The standard InChI is InChI=1S/C18H25NO/c1-13(2)14-5-4-10-18(20,11-8-14)16-6-3-7-17-15(16)9-12-19-17/h3,6-7,9,12-14,19-20H,4-5,8,10-11H2,1-2H3. The van der Waals surface area contributed by atoms with Crippen LogP contribution in [0.3, 0.4) is 0 Å². The van der Waals surface area contributed by atoms with Gasteiger partial charge in [0.1, 0.15) is 0 Å². The van der Waals surface area contributed by atoms with Gasteiger partial charge in [0.2, 0.25) is 0 Å². The fourth-order valence-corrected chi connectivity index (χ4v) is 3.78. The smallest absolute Gasteiger partial charge is 0.0903 e. The molecule has 3 rings (SSSR count). The van der Waals surface area contributed by atoms with Crippen molar-refractivity contribution in [3.8, 4) is 0 Å². The number of nitrogens with one attached hydrogen (secondary N) is 1. The van der Waals surface area contributed by atoms with Gasteiger partial charge in [-0.1, -0.05) is 32.4 Å². The summed E-state index contributed by atoms with van der Waals surface area (Å²) >= 11 is 0. The highest BCUT2D eigenvalue weighted by Gasteiger charge is 2.34. The highest BCUT2D eigenvalue weighted by atomic mass is 16.3. The molecule has 2 nitrogen and oxygen atoms in total. The Labute approximate surface area is 121 Å². The van der Waals surface area contributed by atoms with E-state index in [2.05, 4.69) is 43.1 Å². The molecule has 2 aromatic rings. The number of aliphatic hydroxyl groups is 1. The summed E-state index contributed by atoms with van der Waals surface area (Å²) in [6.45, 7) is 4.61. The highest BCUT2D eigenvalue weighted by Crippen LogP contribution is 2.41. The van der Waals surface area contributed by atoms with Gasteiger partial charge in [0.15, 0.2) is 0 Å². The number of hydrogen-bond acceptors (Lipinski definition) is 1. The summed E-state index contributed by atoms with van der Waals surface area (Å²) in [5.41, 5.74) is 1.59. The second kappa shape index (κ2) is 5.25. The van der Waals surface area contributed by atoms with Crippen molar-refractivity contribution in [1.82, 2.24) is 4.98 Å². The SMILES string of the molecule is CC(C)C1CCCC(O)(c2cccc3[nH]ccc23)CC1. The fraction of sp³-hybridized carbons (Fsp3) is 0.556. The van der Waals surface area contributed by atoms with Crippen LogP contribution in [0.1, 0.15) is 51.5 Å². The largest absolute Gasteiger partial charge is 0.385 e. The molecule has 0 radical (unpaired) electrons. The first kappa shape index (κ1) is 13.7. The normalized spacial score (nSPS) is 27.9. The number of hydrogen-bond donors (Lipinski definition) is 2. The van der Waals surface area contributed by atoms with Gasteiger partial charge < -0.3 is 10.1 Å². The zero-order valence-corrected chi connectivity index (χ0v) is 12.5. The van der Waals surface area contributed by atoms with Gasteiger partial charge in [0, 0.05) is 17.1 Å². The summed E-state index contributed by atoms with van der Waals surface area (Å²) in [4.78, 5) is 3.25. The van der Waals surface area contributed by atoms with Crippen molar-refractivity contribution in [2.75, 3.05) is 0 Å². The molecule has 2 atom stereocenters. The second-order valence-electron chi connectivity index (χ2n) is 6.71. The molecule has 2 N–H and O–H groups in total. The number of benzene rings is 1. The molecule has 20 heavy (non-hydrogen) atoms. The van der Waals surface area contributed by atoms with E-state index in [4.69, 9.17) is 0 Å². The van der Waals surface area contributed by atoms with E-state index in [9.17, 15) is 5.11 Å². The predicted octanol–water partition coefficient (Wildman–Crippen LogP) is 4.59. The summed E-state index contributed by atoms with van der Waals surface area (Å²) in [5, 5.41) is 12.4. The molecule has 2 unspecified atom stereocenters. The van der Waals surface area contributed by atoms with Gasteiger partial charge in [0.05, 0.1) is 5.60 Å². The summed E-state index contributed by atoms with van der Waals surface area (Å²) in [6, 6.07) is 8.33.